The molecule has 1 aromatic rings. The maximum absolute atomic E-state index is 12.8. The molecule has 20 heavy (non-hydrogen) atoms. The minimum atomic E-state index is -3.60. The van der Waals surface area contributed by atoms with E-state index in [0.717, 1.165) is 5.56 Å². The second-order valence-electron chi connectivity index (χ2n) is 4.92. The average Bonchev–Trinajstić information content (AvgIpc) is 2.41. The van der Waals surface area contributed by atoms with Gasteiger partial charge in [-0.05, 0) is 47.0 Å². The highest BCUT2D eigenvalue weighted by Crippen LogP contribution is 2.31. The Hall–Kier alpha value is -0.470. The molecule has 0 amide bonds. The van der Waals surface area contributed by atoms with Crippen molar-refractivity contribution >= 4 is 26.0 Å². The fraction of sp³-hybridized carbons (Fsp3) is 0.538. The van der Waals surface area contributed by atoms with Crippen molar-refractivity contribution < 1.29 is 18.3 Å². The molecule has 2 rings (SSSR count). The number of sulfonamides is 1. The molecule has 0 aliphatic carbocycles. The zero-order valence-corrected chi connectivity index (χ0v) is 13.9. The number of morpholine rings is 1. The molecule has 1 unspecified atom stereocenters. The van der Waals surface area contributed by atoms with Crippen molar-refractivity contribution in [2.24, 2.45) is 0 Å². The smallest absolute Gasteiger partial charge is 0.244 e. The highest BCUT2D eigenvalue weighted by Gasteiger charge is 2.33. The molecule has 0 saturated carbocycles. The third-order valence-corrected chi connectivity index (χ3v) is 6.71. The molecule has 1 atom stereocenters. The van der Waals surface area contributed by atoms with Crippen molar-refractivity contribution in [1.29, 1.82) is 0 Å². The minimum absolute atomic E-state index is 0.185. The fourth-order valence-electron chi connectivity index (χ4n) is 2.28. The largest absolute Gasteiger partial charge is 0.392 e. The van der Waals surface area contributed by atoms with Gasteiger partial charge in [0.1, 0.15) is 0 Å². The van der Waals surface area contributed by atoms with Crippen molar-refractivity contribution in [1.82, 2.24) is 4.31 Å². The number of aliphatic hydroxyl groups excluding tert-OH is 1. The van der Waals surface area contributed by atoms with E-state index in [0.29, 0.717) is 29.8 Å². The van der Waals surface area contributed by atoms with Gasteiger partial charge < -0.3 is 9.84 Å². The normalized spacial score (nSPS) is 21.1. The lowest BCUT2D eigenvalue weighted by Crippen LogP contribution is -2.47. The lowest BCUT2D eigenvalue weighted by molar-refractivity contribution is 0.0392. The highest BCUT2D eigenvalue weighted by atomic mass is 79.9. The number of nitrogens with zero attached hydrogens (tertiary/aromatic N) is 1. The average molecular weight is 364 g/mol. The van der Waals surface area contributed by atoms with Gasteiger partial charge in [-0.25, -0.2) is 8.42 Å². The van der Waals surface area contributed by atoms with Gasteiger partial charge in [-0.15, -0.1) is 0 Å². The summed E-state index contributed by atoms with van der Waals surface area (Å²) in [6, 6.07) is 3.10. The zero-order valence-electron chi connectivity index (χ0n) is 11.5. The first-order chi connectivity index (χ1) is 9.37. The Bertz CT molecular complexity index is 603. The number of ether oxygens (including phenoxy) is 1. The molecule has 0 radical (unpaired) electrons. The van der Waals surface area contributed by atoms with E-state index in [-0.39, 0.29) is 17.5 Å². The van der Waals surface area contributed by atoms with Crippen LogP contribution in [0.25, 0.3) is 0 Å². The maximum atomic E-state index is 12.8. The first kappa shape index (κ1) is 15.9. The standard InChI is InChI=1S/C13H18BrNO4S/c1-9-5-11(7-16)6-12(13(9)14)20(17,18)15-3-4-19-8-10(15)2/h5-6,10,16H,3-4,7-8H2,1-2H3. The summed E-state index contributed by atoms with van der Waals surface area (Å²) in [5.41, 5.74) is 1.38. The van der Waals surface area contributed by atoms with Crippen LogP contribution in [-0.2, 0) is 21.4 Å². The Morgan fingerprint density at radius 1 is 1.50 bits per heavy atom. The summed E-state index contributed by atoms with van der Waals surface area (Å²) in [5, 5.41) is 9.26. The summed E-state index contributed by atoms with van der Waals surface area (Å²) >= 11 is 3.35. The molecule has 0 bridgehead atoms. The third-order valence-electron chi connectivity index (χ3n) is 3.36. The number of benzene rings is 1. The molecular weight excluding hydrogens is 346 g/mol. The van der Waals surface area contributed by atoms with E-state index < -0.39 is 10.0 Å². The molecule has 1 heterocycles. The summed E-state index contributed by atoms with van der Waals surface area (Å²) in [4.78, 5) is 0.204. The first-order valence-electron chi connectivity index (χ1n) is 6.37. The van der Waals surface area contributed by atoms with Crippen molar-refractivity contribution in [3.63, 3.8) is 0 Å². The molecule has 1 aromatic carbocycles. The second kappa shape index (κ2) is 6.11. The van der Waals surface area contributed by atoms with Gasteiger partial charge in [0.25, 0.3) is 0 Å². The molecule has 112 valence electrons. The second-order valence-corrected chi connectivity index (χ2v) is 7.57. The van der Waals surface area contributed by atoms with Crippen molar-refractivity contribution in [2.45, 2.75) is 31.4 Å². The number of rotatable bonds is 3. The molecule has 7 heteroatoms. The molecule has 1 saturated heterocycles. The van der Waals surface area contributed by atoms with Crippen LogP contribution >= 0.6 is 15.9 Å². The number of halogens is 1. The molecule has 1 N–H and O–H groups in total. The number of aryl methyl sites for hydroxylation is 1. The SMILES string of the molecule is Cc1cc(CO)cc(S(=O)(=O)N2CCOCC2C)c1Br. The van der Waals surface area contributed by atoms with Gasteiger partial charge in [0, 0.05) is 17.1 Å². The van der Waals surface area contributed by atoms with Crippen LogP contribution in [0.4, 0.5) is 0 Å². The van der Waals surface area contributed by atoms with Gasteiger partial charge in [0.05, 0.1) is 24.7 Å². The van der Waals surface area contributed by atoms with Crippen molar-refractivity contribution in [2.75, 3.05) is 19.8 Å². The van der Waals surface area contributed by atoms with E-state index in [2.05, 4.69) is 15.9 Å². The molecule has 5 nitrogen and oxygen atoms in total. The topological polar surface area (TPSA) is 66.8 Å². The third kappa shape index (κ3) is 2.92. The molecule has 1 aliphatic rings. The summed E-state index contributed by atoms with van der Waals surface area (Å²) in [6.45, 7) is 4.60. The lowest BCUT2D eigenvalue weighted by atomic mass is 10.1. The Labute approximate surface area is 127 Å². The molecule has 1 aliphatic heterocycles. The fourth-order valence-corrected chi connectivity index (χ4v) is 4.92. The predicted molar refractivity (Wildman–Crippen MR) is 79.0 cm³/mol. The quantitative estimate of drug-likeness (QED) is 0.886. The maximum Gasteiger partial charge on any atom is 0.244 e. The lowest BCUT2D eigenvalue weighted by Gasteiger charge is -2.32. The number of hydrogen-bond donors (Lipinski definition) is 1. The van der Waals surface area contributed by atoms with Crippen LogP contribution in [0.5, 0.6) is 0 Å². The van der Waals surface area contributed by atoms with Crippen LogP contribution in [0.3, 0.4) is 0 Å². The van der Waals surface area contributed by atoms with Crippen LogP contribution in [0.2, 0.25) is 0 Å². The monoisotopic (exact) mass is 363 g/mol. The Kier molecular flexibility index (Phi) is 4.86. The molecule has 0 spiro atoms. The number of hydrogen-bond acceptors (Lipinski definition) is 4. The van der Waals surface area contributed by atoms with Gasteiger partial charge >= 0.3 is 0 Å². The van der Waals surface area contributed by atoms with Gasteiger partial charge in [-0.1, -0.05) is 6.07 Å². The summed E-state index contributed by atoms with van der Waals surface area (Å²) < 4.78 is 32.9. The minimum Gasteiger partial charge on any atom is -0.392 e. The Morgan fingerprint density at radius 3 is 2.80 bits per heavy atom. The van der Waals surface area contributed by atoms with Gasteiger partial charge in [-0.2, -0.15) is 4.31 Å². The zero-order chi connectivity index (χ0) is 14.9. The molecular formula is C13H18BrNO4S. The van der Waals surface area contributed by atoms with E-state index in [1.807, 2.05) is 13.8 Å². The van der Waals surface area contributed by atoms with Crippen LogP contribution in [0, 0.1) is 6.92 Å². The van der Waals surface area contributed by atoms with Gasteiger partial charge in [0.15, 0.2) is 0 Å². The predicted octanol–water partition coefficient (Wildman–Crippen LogP) is 1.66. The van der Waals surface area contributed by atoms with Crippen molar-refractivity contribution in [3.05, 3.63) is 27.7 Å². The molecule has 1 fully saturated rings. The van der Waals surface area contributed by atoms with Crippen LogP contribution in [0.15, 0.2) is 21.5 Å². The van der Waals surface area contributed by atoms with Crippen LogP contribution < -0.4 is 0 Å². The van der Waals surface area contributed by atoms with E-state index in [1.54, 1.807) is 6.07 Å². The summed E-state index contributed by atoms with van der Waals surface area (Å²) in [5.74, 6) is 0. The van der Waals surface area contributed by atoms with Crippen LogP contribution in [-0.4, -0.2) is 43.6 Å². The van der Waals surface area contributed by atoms with E-state index in [4.69, 9.17) is 4.74 Å². The number of aliphatic hydroxyl groups is 1. The Balaban J connectivity index is 2.51. The summed E-state index contributed by atoms with van der Waals surface area (Å²) in [7, 11) is -3.60. The Morgan fingerprint density at radius 2 is 2.20 bits per heavy atom. The highest BCUT2D eigenvalue weighted by molar-refractivity contribution is 9.10. The first-order valence-corrected chi connectivity index (χ1v) is 8.60. The van der Waals surface area contributed by atoms with E-state index in [1.165, 1.54) is 10.4 Å². The van der Waals surface area contributed by atoms with Gasteiger partial charge in [-0.3, -0.25) is 0 Å². The van der Waals surface area contributed by atoms with E-state index in [9.17, 15) is 13.5 Å². The van der Waals surface area contributed by atoms with Gasteiger partial charge in [0.2, 0.25) is 10.0 Å². The molecule has 0 aromatic heterocycles. The van der Waals surface area contributed by atoms with Crippen LogP contribution in [0.1, 0.15) is 18.1 Å². The summed E-state index contributed by atoms with van der Waals surface area (Å²) in [6.07, 6.45) is 0. The van der Waals surface area contributed by atoms with E-state index >= 15 is 0 Å². The van der Waals surface area contributed by atoms with Crippen molar-refractivity contribution in [3.8, 4) is 0 Å².